The van der Waals surface area contributed by atoms with Crippen LogP contribution in [0.2, 0.25) is 0 Å². The largest absolute Gasteiger partial charge is 0.443 e. The number of fused-ring (bicyclic) bond motifs is 2. The van der Waals surface area contributed by atoms with Crippen LogP contribution in [0.4, 0.5) is 4.79 Å². The van der Waals surface area contributed by atoms with Crippen LogP contribution in [0.3, 0.4) is 0 Å². The van der Waals surface area contributed by atoms with Gasteiger partial charge in [-0.25, -0.2) is 9.59 Å². The van der Waals surface area contributed by atoms with Crippen LogP contribution in [0.5, 0.6) is 0 Å². The fraction of sp³-hybridized carbons (Fsp3) is 0.182. The molecule has 2 amide bonds. The van der Waals surface area contributed by atoms with Crippen molar-refractivity contribution in [3.05, 3.63) is 71.4 Å². The number of rotatable bonds is 2. The van der Waals surface area contributed by atoms with Gasteiger partial charge in [0.15, 0.2) is 0 Å². The van der Waals surface area contributed by atoms with Gasteiger partial charge in [0.25, 0.3) is 11.8 Å². The number of amides is 2. The number of ether oxygens (including phenoxy) is 1. The van der Waals surface area contributed by atoms with Crippen molar-refractivity contribution < 1.29 is 28.8 Å². The molecule has 0 saturated heterocycles. The van der Waals surface area contributed by atoms with Gasteiger partial charge in [0.2, 0.25) is 0 Å². The Kier molecular flexibility index (Phi) is 4.42. The van der Waals surface area contributed by atoms with E-state index in [2.05, 4.69) is 0 Å². The van der Waals surface area contributed by atoms with E-state index < -0.39 is 29.5 Å². The normalized spacial score (nSPS) is 13.5. The summed E-state index contributed by atoms with van der Waals surface area (Å²) in [5, 5.41) is 1.16. The fourth-order valence-electron chi connectivity index (χ4n) is 3.11. The van der Waals surface area contributed by atoms with Crippen molar-refractivity contribution in [3.8, 4) is 0 Å². The summed E-state index contributed by atoms with van der Waals surface area (Å²) in [4.78, 5) is 54.9. The molecule has 0 radical (unpaired) electrons. The first-order chi connectivity index (χ1) is 14.2. The van der Waals surface area contributed by atoms with Crippen molar-refractivity contribution in [1.82, 2.24) is 9.63 Å². The molecular formula is C22H18N2O6. The highest BCUT2D eigenvalue weighted by Crippen LogP contribution is 2.25. The van der Waals surface area contributed by atoms with E-state index in [1.54, 1.807) is 45.0 Å². The van der Waals surface area contributed by atoms with Gasteiger partial charge in [0, 0.05) is 11.6 Å². The molecular weight excluding hydrogens is 388 g/mol. The summed E-state index contributed by atoms with van der Waals surface area (Å²) in [5.74, 6) is -2.31. The molecule has 0 atom stereocenters. The molecule has 0 saturated carbocycles. The smallest absolute Gasteiger partial charge is 0.418 e. The average molecular weight is 406 g/mol. The van der Waals surface area contributed by atoms with Gasteiger partial charge < -0.3 is 9.57 Å². The van der Waals surface area contributed by atoms with Crippen molar-refractivity contribution in [2.45, 2.75) is 26.4 Å². The summed E-state index contributed by atoms with van der Waals surface area (Å²) in [5.41, 5.74) is 0.160. The highest BCUT2D eigenvalue weighted by atomic mass is 16.7. The van der Waals surface area contributed by atoms with E-state index in [9.17, 15) is 19.2 Å². The Morgan fingerprint density at radius 1 is 0.900 bits per heavy atom. The van der Waals surface area contributed by atoms with E-state index >= 15 is 0 Å². The van der Waals surface area contributed by atoms with E-state index in [1.807, 2.05) is 0 Å². The summed E-state index contributed by atoms with van der Waals surface area (Å²) >= 11 is 0. The lowest BCUT2D eigenvalue weighted by molar-refractivity contribution is -0.0584. The Bertz CT molecular complexity index is 1180. The van der Waals surface area contributed by atoms with Crippen LogP contribution in [-0.4, -0.2) is 39.1 Å². The van der Waals surface area contributed by atoms with Crippen molar-refractivity contribution in [3.63, 3.8) is 0 Å². The molecule has 0 bridgehead atoms. The van der Waals surface area contributed by atoms with Crippen molar-refractivity contribution in [1.29, 1.82) is 0 Å². The van der Waals surface area contributed by atoms with Gasteiger partial charge in [-0.3, -0.25) is 14.2 Å². The summed E-state index contributed by atoms with van der Waals surface area (Å²) in [6, 6.07) is 12.5. The second-order valence-electron chi connectivity index (χ2n) is 7.77. The number of hydrogen-bond acceptors (Lipinski definition) is 6. The van der Waals surface area contributed by atoms with Crippen molar-refractivity contribution in [2.24, 2.45) is 0 Å². The molecule has 30 heavy (non-hydrogen) atoms. The Labute approximate surface area is 171 Å². The number of imide groups is 1. The fourth-order valence-corrected chi connectivity index (χ4v) is 3.11. The number of carbonyl (C=O) groups excluding carboxylic acids is 4. The zero-order valence-corrected chi connectivity index (χ0v) is 16.5. The second kappa shape index (κ2) is 6.84. The number of hydrogen-bond donors (Lipinski definition) is 0. The van der Waals surface area contributed by atoms with Gasteiger partial charge in [0.05, 0.1) is 22.2 Å². The van der Waals surface area contributed by atoms with Gasteiger partial charge in [-0.15, -0.1) is 0 Å². The molecule has 0 spiro atoms. The third-order valence-electron chi connectivity index (χ3n) is 4.45. The molecule has 2 aromatic carbocycles. The zero-order valence-electron chi connectivity index (χ0n) is 16.5. The van der Waals surface area contributed by atoms with Gasteiger partial charge in [-0.05, 0) is 51.1 Å². The van der Waals surface area contributed by atoms with Gasteiger partial charge in [0.1, 0.15) is 5.60 Å². The number of benzene rings is 2. The molecule has 0 unspecified atom stereocenters. The predicted molar refractivity (Wildman–Crippen MR) is 106 cm³/mol. The molecule has 1 aromatic heterocycles. The lowest BCUT2D eigenvalue weighted by atomic mass is 10.1. The molecule has 152 valence electrons. The Hall–Kier alpha value is -3.94. The van der Waals surface area contributed by atoms with Crippen LogP contribution in [-0.2, 0) is 9.57 Å². The van der Waals surface area contributed by atoms with E-state index in [4.69, 9.17) is 9.57 Å². The molecule has 1 aliphatic heterocycles. The molecule has 8 nitrogen and oxygen atoms in total. The minimum Gasteiger partial charge on any atom is -0.443 e. The minimum atomic E-state index is -0.900. The SMILES string of the molecule is CC(C)(C)OC(=O)n1ccc2ccc(C(=O)ON3C(=O)c4ccccc4C3=O)cc21. The first-order valence-corrected chi connectivity index (χ1v) is 9.20. The monoisotopic (exact) mass is 406 g/mol. The van der Waals surface area contributed by atoms with E-state index in [1.165, 1.54) is 35.0 Å². The topological polar surface area (TPSA) is 94.9 Å². The molecule has 1 aliphatic rings. The van der Waals surface area contributed by atoms with Crippen LogP contribution in [0.1, 0.15) is 51.8 Å². The van der Waals surface area contributed by atoms with Crippen LogP contribution in [0.15, 0.2) is 54.7 Å². The summed E-state index contributed by atoms with van der Waals surface area (Å²) in [6.07, 6.45) is 0.946. The molecule has 2 heterocycles. The maximum atomic E-state index is 12.6. The van der Waals surface area contributed by atoms with Crippen LogP contribution >= 0.6 is 0 Å². The number of aromatic nitrogens is 1. The van der Waals surface area contributed by atoms with Gasteiger partial charge in [-0.2, -0.15) is 0 Å². The minimum absolute atomic E-state index is 0.0718. The third-order valence-corrected chi connectivity index (χ3v) is 4.45. The molecule has 0 fully saturated rings. The molecule has 0 N–H and O–H groups in total. The first-order valence-electron chi connectivity index (χ1n) is 9.20. The Morgan fingerprint density at radius 3 is 2.13 bits per heavy atom. The summed E-state index contributed by atoms with van der Waals surface area (Å²) < 4.78 is 6.65. The third kappa shape index (κ3) is 3.32. The van der Waals surface area contributed by atoms with Crippen LogP contribution in [0.25, 0.3) is 10.9 Å². The number of hydroxylamine groups is 2. The number of carbonyl (C=O) groups is 4. The Morgan fingerprint density at radius 2 is 1.53 bits per heavy atom. The summed E-state index contributed by atoms with van der Waals surface area (Å²) in [6.45, 7) is 5.25. The van der Waals surface area contributed by atoms with Crippen LogP contribution < -0.4 is 0 Å². The van der Waals surface area contributed by atoms with E-state index in [0.717, 1.165) is 0 Å². The van der Waals surface area contributed by atoms with E-state index in [0.29, 0.717) is 16.0 Å². The van der Waals surface area contributed by atoms with E-state index in [-0.39, 0.29) is 16.7 Å². The molecule has 3 aromatic rings. The standard InChI is InChI=1S/C22H18N2O6/c1-22(2,3)29-21(28)23-11-10-13-8-9-14(12-17(13)23)20(27)30-24-18(25)15-6-4-5-7-16(15)19(24)26/h4-12H,1-3H3. The van der Waals surface area contributed by atoms with Crippen LogP contribution in [0, 0.1) is 0 Å². The molecule has 4 rings (SSSR count). The predicted octanol–water partition coefficient (Wildman–Crippen LogP) is 3.79. The Balaban J connectivity index is 1.60. The first kappa shape index (κ1) is 19.4. The van der Waals surface area contributed by atoms with Crippen molar-refractivity contribution in [2.75, 3.05) is 0 Å². The van der Waals surface area contributed by atoms with Gasteiger partial charge in [-0.1, -0.05) is 23.3 Å². The summed E-state index contributed by atoms with van der Waals surface area (Å²) in [7, 11) is 0. The maximum Gasteiger partial charge on any atom is 0.418 e. The number of nitrogens with zero attached hydrogens (tertiary/aromatic N) is 2. The maximum absolute atomic E-state index is 12.6. The average Bonchev–Trinajstić information content (AvgIpc) is 3.22. The van der Waals surface area contributed by atoms with Gasteiger partial charge >= 0.3 is 12.1 Å². The molecule has 8 heteroatoms. The second-order valence-corrected chi connectivity index (χ2v) is 7.77. The quantitative estimate of drug-likeness (QED) is 0.601. The van der Waals surface area contributed by atoms with Crippen molar-refractivity contribution >= 4 is 34.8 Å². The molecule has 0 aliphatic carbocycles. The zero-order chi connectivity index (χ0) is 21.6. The lowest BCUT2D eigenvalue weighted by Crippen LogP contribution is -2.32. The lowest BCUT2D eigenvalue weighted by Gasteiger charge is -2.19. The highest BCUT2D eigenvalue weighted by Gasteiger charge is 2.38. The highest BCUT2D eigenvalue weighted by molar-refractivity contribution is 6.21.